The quantitative estimate of drug-likeness (QED) is 0.402. The zero-order chi connectivity index (χ0) is 25.9. The molecule has 2 fully saturated rings. The molecule has 2 amide bonds. The summed E-state index contributed by atoms with van der Waals surface area (Å²) in [6.45, 7) is 4.65. The molecule has 1 aliphatic carbocycles. The van der Waals surface area contributed by atoms with E-state index in [2.05, 4.69) is 18.7 Å². The average molecular weight is 505 g/mol. The van der Waals surface area contributed by atoms with Crippen LogP contribution in [0.3, 0.4) is 0 Å². The van der Waals surface area contributed by atoms with Crippen LogP contribution < -0.4 is 0 Å². The molecule has 2 bridgehead atoms. The van der Waals surface area contributed by atoms with E-state index in [-0.39, 0.29) is 43.5 Å². The summed E-state index contributed by atoms with van der Waals surface area (Å²) in [6.07, 6.45) is 2.24. The molecule has 0 N–H and O–H groups in total. The van der Waals surface area contributed by atoms with Crippen LogP contribution in [0.15, 0.2) is 61.2 Å². The molecule has 2 aromatic rings. The average Bonchev–Trinajstić information content (AvgIpc) is 3.38. The first kappa shape index (κ1) is 25.0. The Bertz CT molecular complexity index is 1130. The number of carbonyl (C=O) groups is 3. The third-order valence-electron chi connectivity index (χ3n) is 7.59. The Labute approximate surface area is 216 Å². The number of amides is 2. The summed E-state index contributed by atoms with van der Waals surface area (Å²) in [5, 5.41) is 0. The van der Waals surface area contributed by atoms with Crippen molar-refractivity contribution in [3.63, 3.8) is 0 Å². The topological polar surface area (TPSA) is 85.4 Å². The number of hydrogen-bond acceptors (Lipinski definition) is 6. The molecule has 0 radical (unpaired) electrons. The van der Waals surface area contributed by atoms with Gasteiger partial charge >= 0.3 is 12.1 Å². The Morgan fingerprint density at radius 3 is 2.22 bits per heavy atom. The van der Waals surface area contributed by atoms with Crippen molar-refractivity contribution in [2.75, 3.05) is 33.5 Å². The molecule has 37 heavy (non-hydrogen) atoms. The number of rotatable bonds is 8. The molecule has 2 heterocycles. The third-order valence-corrected chi connectivity index (χ3v) is 7.59. The number of likely N-dealkylation sites (N-methyl/N-ethyl adjacent to an activating group) is 1. The van der Waals surface area contributed by atoms with E-state index >= 15 is 0 Å². The fourth-order valence-electron chi connectivity index (χ4n) is 5.74. The molecule has 0 spiro atoms. The van der Waals surface area contributed by atoms with Gasteiger partial charge in [0.2, 0.25) is 5.91 Å². The van der Waals surface area contributed by atoms with Crippen molar-refractivity contribution >= 4 is 18.0 Å². The summed E-state index contributed by atoms with van der Waals surface area (Å²) in [4.78, 5) is 42.5. The second kappa shape index (κ2) is 10.8. The second-order valence-electron chi connectivity index (χ2n) is 9.77. The standard InChI is InChI=1S/C29H32N2O6/c1-3-14-36-27(32)15-26(28(33)31-19-12-13-20(31)17-35-16-19)30(2)29(34)37-18-25-23-10-6-4-8-21(23)22-9-5-7-11-24(22)25/h3-11,19-20,25-26H,1,12-18H2,2H3/t19?,20?,26-/m0/s1. The highest BCUT2D eigenvalue weighted by Crippen LogP contribution is 2.44. The van der Waals surface area contributed by atoms with Crippen LogP contribution in [-0.4, -0.2) is 79.4 Å². The van der Waals surface area contributed by atoms with Crippen LogP contribution in [0.2, 0.25) is 0 Å². The van der Waals surface area contributed by atoms with Gasteiger partial charge in [-0.05, 0) is 35.1 Å². The molecule has 8 heteroatoms. The fraction of sp³-hybridized carbons (Fsp3) is 0.414. The minimum Gasteiger partial charge on any atom is -0.461 e. The number of fused-ring (bicyclic) bond motifs is 5. The van der Waals surface area contributed by atoms with Gasteiger partial charge in [-0.1, -0.05) is 61.2 Å². The molecule has 0 saturated carbocycles. The van der Waals surface area contributed by atoms with E-state index in [1.807, 2.05) is 36.4 Å². The maximum atomic E-state index is 13.7. The third kappa shape index (κ3) is 4.85. The molecular weight excluding hydrogens is 472 g/mol. The van der Waals surface area contributed by atoms with Crippen LogP contribution in [0.4, 0.5) is 4.79 Å². The van der Waals surface area contributed by atoms with Gasteiger partial charge in [0, 0.05) is 13.0 Å². The lowest BCUT2D eigenvalue weighted by Gasteiger charge is -2.38. The zero-order valence-electron chi connectivity index (χ0n) is 21.0. The van der Waals surface area contributed by atoms with Crippen molar-refractivity contribution in [2.24, 2.45) is 0 Å². The minimum absolute atomic E-state index is 0.0389. The molecule has 2 aliphatic heterocycles. The van der Waals surface area contributed by atoms with Gasteiger partial charge in [0.25, 0.3) is 0 Å². The van der Waals surface area contributed by atoms with E-state index in [4.69, 9.17) is 14.2 Å². The zero-order valence-corrected chi connectivity index (χ0v) is 21.0. The predicted molar refractivity (Wildman–Crippen MR) is 137 cm³/mol. The van der Waals surface area contributed by atoms with Gasteiger partial charge in [-0.3, -0.25) is 14.5 Å². The van der Waals surface area contributed by atoms with Crippen molar-refractivity contribution in [1.82, 2.24) is 9.80 Å². The molecule has 8 nitrogen and oxygen atoms in total. The predicted octanol–water partition coefficient (Wildman–Crippen LogP) is 3.75. The molecule has 194 valence electrons. The van der Waals surface area contributed by atoms with E-state index in [0.717, 1.165) is 35.1 Å². The van der Waals surface area contributed by atoms with Gasteiger partial charge < -0.3 is 19.1 Å². The van der Waals surface area contributed by atoms with Crippen LogP contribution in [0.1, 0.15) is 36.3 Å². The molecule has 3 atom stereocenters. The highest BCUT2D eigenvalue weighted by molar-refractivity contribution is 5.90. The molecule has 0 aromatic heterocycles. The largest absolute Gasteiger partial charge is 0.461 e. The summed E-state index contributed by atoms with van der Waals surface area (Å²) in [6, 6.07) is 15.1. The van der Waals surface area contributed by atoms with Crippen molar-refractivity contribution < 1.29 is 28.6 Å². The second-order valence-corrected chi connectivity index (χ2v) is 9.77. The summed E-state index contributed by atoms with van der Waals surface area (Å²) < 4.78 is 16.5. The van der Waals surface area contributed by atoms with E-state index in [0.29, 0.717) is 13.2 Å². The molecule has 2 saturated heterocycles. The number of benzene rings is 2. The maximum Gasteiger partial charge on any atom is 0.410 e. The molecule has 5 rings (SSSR count). The molecule has 3 aliphatic rings. The Hall–Kier alpha value is -3.65. The Morgan fingerprint density at radius 2 is 1.62 bits per heavy atom. The number of hydrogen-bond donors (Lipinski definition) is 0. The number of esters is 1. The lowest BCUT2D eigenvalue weighted by atomic mass is 9.98. The van der Waals surface area contributed by atoms with E-state index in [1.165, 1.54) is 18.0 Å². The minimum atomic E-state index is -1.03. The monoisotopic (exact) mass is 504 g/mol. The highest BCUT2D eigenvalue weighted by Gasteiger charge is 2.45. The normalized spacial score (nSPS) is 20.5. The van der Waals surface area contributed by atoms with Crippen molar-refractivity contribution in [1.29, 1.82) is 0 Å². The number of ether oxygens (including phenoxy) is 3. The van der Waals surface area contributed by atoms with Gasteiger partial charge in [-0.2, -0.15) is 0 Å². The fourth-order valence-corrected chi connectivity index (χ4v) is 5.74. The number of morpholine rings is 1. The van der Waals surface area contributed by atoms with Gasteiger partial charge in [0.05, 0.1) is 31.7 Å². The van der Waals surface area contributed by atoms with Crippen LogP contribution in [0.25, 0.3) is 11.1 Å². The van der Waals surface area contributed by atoms with Crippen molar-refractivity contribution in [2.45, 2.75) is 43.3 Å². The van der Waals surface area contributed by atoms with Gasteiger partial charge in [-0.15, -0.1) is 0 Å². The molecular formula is C29H32N2O6. The van der Waals surface area contributed by atoms with Crippen LogP contribution in [0.5, 0.6) is 0 Å². The Balaban J connectivity index is 1.32. The van der Waals surface area contributed by atoms with Gasteiger partial charge in [0.1, 0.15) is 19.3 Å². The Morgan fingerprint density at radius 1 is 1.03 bits per heavy atom. The molecule has 2 unspecified atom stereocenters. The summed E-state index contributed by atoms with van der Waals surface area (Å²) >= 11 is 0. The maximum absolute atomic E-state index is 13.7. The lowest BCUT2D eigenvalue weighted by Crippen LogP contribution is -2.57. The molecule has 2 aromatic carbocycles. The summed E-state index contributed by atoms with van der Waals surface area (Å²) in [5.74, 6) is -0.953. The van der Waals surface area contributed by atoms with Crippen LogP contribution in [0, 0.1) is 0 Å². The van der Waals surface area contributed by atoms with E-state index in [9.17, 15) is 14.4 Å². The summed E-state index contributed by atoms with van der Waals surface area (Å²) in [5.41, 5.74) is 4.47. The first-order valence-electron chi connectivity index (χ1n) is 12.7. The SMILES string of the molecule is C=CCOC(=O)C[C@@H](C(=O)N1C2CCC1COC2)N(C)C(=O)OCC1c2ccccc2-c2ccccc21. The van der Waals surface area contributed by atoms with Crippen molar-refractivity contribution in [3.8, 4) is 11.1 Å². The summed E-state index contributed by atoms with van der Waals surface area (Å²) in [7, 11) is 1.50. The van der Waals surface area contributed by atoms with Crippen LogP contribution in [-0.2, 0) is 23.8 Å². The first-order chi connectivity index (χ1) is 18.0. The first-order valence-corrected chi connectivity index (χ1v) is 12.7. The number of nitrogens with zero attached hydrogens (tertiary/aromatic N) is 2. The Kier molecular flexibility index (Phi) is 7.28. The highest BCUT2D eigenvalue weighted by atomic mass is 16.6. The van der Waals surface area contributed by atoms with E-state index < -0.39 is 18.1 Å². The number of carbonyl (C=O) groups excluding carboxylic acids is 3. The van der Waals surface area contributed by atoms with Crippen molar-refractivity contribution in [3.05, 3.63) is 72.3 Å². The van der Waals surface area contributed by atoms with Gasteiger partial charge in [0.15, 0.2) is 0 Å². The van der Waals surface area contributed by atoms with E-state index in [1.54, 1.807) is 4.90 Å². The smallest absolute Gasteiger partial charge is 0.410 e. The van der Waals surface area contributed by atoms with Crippen LogP contribution >= 0.6 is 0 Å². The lowest BCUT2D eigenvalue weighted by molar-refractivity contribution is -0.152. The van der Waals surface area contributed by atoms with Gasteiger partial charge in [-0.25, -0.2) is 4.79 Å².